The third kappa shape index (κ3) is 3.10. The van der Waals surface area contributed by atoms with Gasteiger partial charge in [0, 0.05) is 5.56 Å². The number of nitriles is 1. The van der Waals surface area contributed by atoms with Crippen LogP contribution in [0.15, 0.2) is 72.8 Å². The Bertz CT molecular complexity index is 1050. The molecule has 0 aliphatic carbocycles. The van der Waals surface area contributed by atoms with Gasteiger partial charge >= 0.3 is 0 Å². The Hall–Kier alpha value is -3.16. The second-order valence-electron chi connectivity index (χ2n) is 5.54. The summed E-state index contributed by atoms with van der Waals surface area (Å²) in [4.78, 5) is 4.72. The van der Waals surface area contributed by atoms with E-state index in [4.69, 9.17) is 9.72 Å². The minimum absolute atomic E-state index is 0.353. The van der Waals surface area contributed by atoms with E-state index >= 15 is 0 Å². The molecule has 4 rings (SSSR count). The van der Waals surface area contributed by atoms with Crippen LogP contribution < -0.4 is 4.74 Å². The maximum atomic E-state index is 9.21. The molecule has 0 aliphatic rings. The molecule has 3 aromatic carbocycles. The number of benzene rings is 3. The maximum absolute atomic E-state index is 9.21. The predicted octanol–water partition coefficient (Wildman–Crippen LogP) is 5.41. The molecule has 1 aromatic heterocycles. The molecule has 0 aliphatic heterocycles. The van der Waals surface area contributed by atoms with Gasteiger partial charge < -0.3 is 4.74 Å². The number of hydrogen-bond donors (Lipinski definition) is 0. The van der Waals surface area contributed by atoms with Gasteiger partial charge in [0.05, 0.1) is 27.4 Å². The van der Waals surface area contributed by atoms with Crippen molar-refractivity contribution >= 4 is 21.6 Å². The standard InChI is InChI=1S/C21H14N2OS/c22-13-15-7-1-2-8-16(15)14-24-19-11-5-3-9-17(19)21-23-18-10-4-6-12-20(18)25-21/h1-12H,14H2. The predicted molar refractivity (Wildman–Crippen MR) is 101 cm³/mol. The van der Waals surface area contributed by atoms with E-state index in [-0.39, 0.29) is 0 Å². The molecule has 0 saturated heterocycles. The molecule has 4 aromatic rings. The molecule has 4 heteroatoms. The van der Waals surface area contributed by atoms with Crippen LogP contribution in [0.4, 0.5) is 0 Å². The average molecular weight is 342 g/mol. The van der Waals surface area contributed by atoms with Crippen LogP contribution in [0.5, 0.6) is 5.75 Å². The fourth-order valence-corrected chi connectivity index (χ4v) is 3.66. The molecule has 120 valence electrons. The highest BCUT2D eigenvalue weighted by atomic mass is 32.1. The highest BCUT2D eigenvalue weighted by molar-refractivity contribution is 7.21. The highest BCUT2D eigenvalue weighted by Gasteiger charge is 2.12. The van der Waals surface area contributed by atoms with E-state index in [0.717, 1.165) is 32.1 Å². The van der Waals surface area contributed by atoms with Crippen molar-refractivity contribution in [3.63, 3.8) is 0 Å². The van der Waals surface area contributed by atoms with Gasteiger partial charge in [-0.2, -0.15) is 5.26 Å². The molecule has 0 bridgehead atoms. The van der Waals surface area contributed by atoms with Crippen molar-refractivity contribution in [2.75, 3.05) is 0 Å². The zero-order valence-corrected chi connectivity index (χ0v) is 14.2. The first-order valence-corrected chi connectivity index (χ1v) is 8.72. The lowest BCUT2D eigenvalue weighted by Gasteiger charge is -2.10. The number of ether oxygens (including phenoxy) is 1. The molecule has 25 heavy (non-hydrogen) atoms. The van der Waals surface area contributed by atoms with Crippen LogP contribution in [0.1, 0.15) is 11.1 Å². The first-order valence-electron chi connectivity index (χ1n) is 7.91. The molecule has 3 nitrogen and oxygen atoms in total. The summed E-state index contributed by atoms with van der Waals surface area (Å²) in [5.74, 6) is 0.772. The second-order valence-corrected chi connectivity index (χ2v) is 6.57. The van der Waals surface area contributed by atoms with E-state index in [2.05, 4.69) is 12.1 Å². The van der Waals surface area contributed by atoms with Gasteiger partial charge in [-0.05, 0) is 30.3 Å². The quantitative estimate of drug-likeness (QED) is 0.498. The summed E-state index contributed by atoms with van der Waals surface area (Å²) >= 11 is 1.65. The normalized spacial score (nSPS) is 10.5. The highest BCUT2D eigenvalue weighted by Crippen LogP contribution is 2.35. The van der Waals surface area contributed by atoms with Crippen LogP contribution in [0.3, 0.4) is 0 Å². The van der Waals surface area contributed by atoms with E-state index in [1.807, 2.05) is 60.7 Å². The minimum atomic E-state index is 0.353. The van der Waals surface area contributed by atoms with Gasteiger partial charge in [0.15, 0.2) is 0 Å². The van der Waals surface area contributed by atoms with Crippen LogP contribution in [0.25, 0.3) is 20.8 Å². The molecule has 0 fully saturated rings. The van der Waals surface area contributed by atoms with E-state index in [0.29, 0.717) is 12.2 Å². The molecular weight excluding hydrogens is 328 g/mol. The third-order valence-corrected chi connectivity index (χ3v) is 5.00. The molecule has 0 saturated carbocycles. The summed E-state index contributed by atoms with van der Waals surface area (Å²) < 4.78 is 7.19. The monoisotopic (exact) mass is 342 g/mol. The number of hydrogen-bond acceptors (Lipinski definition) is 4. The zero-order chi connectivity index (χ0) is 17.1. The fourth-order valence-electron chi connectivity index (χ4n) is 2.67. The average Bonchev–Trinajstić information content (AvgIpc) is 3.11. The van der Waals surface area contributed by atoms with Gasteiger partial charge in [0.25, 0.3) is 0 Å². The van der Waals surface area contributed by atoms with E-state index < -0.39 is 0 Å². The van der Waals surface area contributed by atoms with Gasteiger partial charge in [0.2, 0.25) is 0 Å². The summed E-state index contributed by atoms with van der Waals surface area (Å²) in [7, 11) is 0. The Labute approximate surface area is 149 Å². The van der Waals surface area contributed by atoms with Crippen LogP contribution >= 0.6 is 11.3 Å². The first kappa shape index (κ1) is 15.4. The Kier molecular flexibility index (Phi) is 4.16. The Morgan fingerprint density at radius 1 is 0.920 bits per heavy atom. The van der Waals surface area contributed by atoms with Crippen molar-refractivity contribution in [3.05, 3.63) is 83.9 Å². The van der Waals surface area contributed by atoms with Gasteiger partial charge in [0.1, 0.15) is 17.4 Å². The third-order valence-electron chi connectivity index (χ3n) is 3.93. The number of fused-ring (bicyclic) bond motifs is 1. The lowest BCUT2D eigenvalue weighted by atomic mass is 10.1. The number of para-hydroxylation sites is 2. The van der Waals surface area contributed by atoms with E-state index in [1.54, 1.807) is 17.4 Å². The topological polar surface area (TPSA) is 45.9 Å². The Morgan fingerprint density at radius 3 is 2.56 bits per heavy atom. The summed E-state index contributed by atoms with van der Waals surface area (Å²) in [6.45, 7) is 0.353. The smallest absolute Gasteiger partial charge is 0.130 e. The van der Waals surface area contributed by atoms with Crippen molar-refractivity contribution in [3.8, 4) is 22.4 Å². The van der Waals surface area contributed by atoms with Crippen molar-refractivity contribution in [2.24, 2.45) is 0 Å². The zero-order valence-electron chi connectivity index (χ0n) is 13.3. The molecule has 0 amide bonds. The summed E-state index contributed by atoms with van der Waals surface area (Å²) in [5.41, 5.74) is 3.48. The minimum Gasteiger partial charge on any atom is -0.488 e. The van der Waals surface area contributed by atoms with Crippen molar-refractivity contribution in [1.29, 1.82) is 5.26 Å². The van der Waals surface area contributed by atoms with E-state index in [9.17, 15) is 5.26 Å². The van der Waals surface area contributed by atoms with Gasteiger partial charge in [-0.15, -0.1) is 11.3 Å². The van der Waals surface area contributed by atoms with Crippen molar-refractivity contribution in [1.82, 2.24) is 4.98 Å². The van der Waals surface area contributed by atoms with Crippen LogP contribution in [0.2, 0.25) is 0 Å². The molecule has 0 atom stereocenters. The molecule has 0 unspecified atom stereocenters. The lowest BCUT2D eigenvalue weighted by molar-refractivity contribution is 0.307. The molecule has 0 radical (unpaired) electrons. The SMILES string of the molecule is N#Cc1ccccc1COc1ccccc1-c1nc2ccccc2s1. The summed E-state index contributed by atoms with van der Waals surface area (Å²) in [5, 5.41) is 10.2. The van der Waals surface area contributed by atoms with Crippen LogP contribution in [0, 0.1) is 11.3 Å². The number of thiazole rings is 1. The van der Waals surface area contributed by atoms with Crippen LogP contribution in [-0.4, -0.2) is 4.98 Å². The van der Waals surface area contributed by atoms with Gasteiger partial charge in [-0.3, -0.25) is 0 Å². The summed E-state index contributed by atoms with van der Waals surface area (Å²) in [6, 6.07) is 25.7. The molecule has 0 spiro atoms. The van der Waals surface area contributed by atoms with Gasteiger partial charge in [-0.25, -0.2) is 4.98 Å². The number of nitrogens with zero attached hydrogens (tertiary/aromatic N) is 2. The maximum Gasteiger partial charge on any atom is 0.130 e. The molecule has 1 heterocycles. The first-order chi connectivity index (χ1) is 12.3. The van der Waals surface area contributed by atoms with E-state index in [1.165, 1.54) is 0 Å². The van der Waals surface area contributed by atoms with Crippen molar-refractivity contribution in [2.45, 2.75) is 6.61 Å². The number of aromatic nitrogens is 1. The lowest BCUT2D eigenvalue weighted by Crippen LogP contribution is -1.99. The van der Waals surface area contributed by atoms with Crippen molar-refractivity contribution < 1.29 is 4.74 Å². The van der Waals surface area contributed by atoms with Crippen LogP contribution in [-0.2, 0) is 6.61 Å². The Morgan fingerprint density at radius 2 is 1.68 bits per heavy atom. The Balaban J connectivity index is 1.66. The molecule has 0 N–H and O–H groups in total. The second kappa shape index (κ2) is 6.76. The number of rotatable bonds is 4. The fraction of sp³-hybridized carbons (Fsp3) is 0.0476. The largest absolute Gasteiger partial charge is 0.488 e. The molecular formula is C21H14N2OS. The summed E-state index contributed by atoms with van der Waals surface area (Å²) in [6.07, 6.45) is 0. The van der Waals surface area contributed by atoms with Gasteiger partial charge in [-0.1, -0.05) is 42.5 Å².